The Morgan fingerprint density at radius 2 is 1.61 bits per heavy atom. The number of hydrogen-bond acceptors (Lipinski definition) is 3. The highest BCUT2D eigenvalue weighted by Gasteiger charge is 2.54. The third-order valence-corrected chi connectivity index (χ3v) is 8.61. The molecule has 3 nitrogen and oxygen atoms in total. The Labute approximate surface area is 187 Å². The minimum Gasteiger partial charge on any atom is -0.352 e. The molecule has 1 amide bonds. The molecule has 0 unspecified atom stereocenters. The molecule has 1 N–H and O–H groups in total. The zero-order chi connectivity index (χ0) is 20.8. The molecule has 0 saturated heterocycles. The van der Waals surface area contributed by atoms with E-state index in [1.54, 1.807) is 11.3 Å². The van der Waals surface area contributed by atoms with Gasteiger partial charge >= 0.3 is 0 Å². The molecule has 3 aromatic rings. The lowest BCUT2D eigenvalue weighted by atomic mass is 9.49. The molecule has 4 aliphatic carbocycles. The van der Waals surface area contributed by atoms with Gasteiger partial charge in [0, 0.05) is 28.5 Å². The minimum atomic E-state index is -0.0771. The Bertz CT molecular complexity index is 1070. The van der Waals surface area contributed by atoms with Crippen LogP contribution in [0.4, 0.5) is 0 Å². The molecule has 0 atom stereocenters. The first-order valence-corrected chi connectivity index (χ1v) is 12.4. The van der Waals surface area contributed by atoms with Gasteiger partial charge in [0.25, 0.3) is 0 Å². The van der Waals surface area contributed by atoms with Gasteiger partial charge in [0.15, 0.2) is 0 Å². The van der Waals surface area contributed by atoms with Crippen molar-refractivity contribution < 1.29 is 4.79 Å². The average molecular weight is 429 g/mol. The third-order valence-electron chi connectivity index (χ3n) is 7.72. The van der Waals surface area contributed by atoms with Gasteiger partial charge < -0.3 is 5.32 Å². The lowest BCUT2D eigenvalue weighted by Gasteiger charge is -2.55. The number of amides is 1. The van der Waals surface area contributed by atoms with E-state index in [9.17, 15) is 4.79 Å². The lowest BCUT2D eigenvalue weighted by Crippen LogP contribution is -2.53. The zero-order valence-corrected chi connectivity index (χ0v) is 18.5. The molecule has 4 fully saturated rings. The van der Waals surface area contributed by atoms with Crippen molar-refractivity contribution in [2.24, 2.45) is 23.2 Å². The summed E-state index contributed by atoms with van der Waals surface area (Å²) in [5.74, 6) is 2.69. The molecule has 7 rings (SSSR count). The van der Waals surface area contributed by atoms with Gasteiger partial charge in [0.1, 0.15) is 5.01 Å². The second kappa shape index (κ2) is 7.59. The smallest absolute Gasteiger partial charge is 0.226 e. The van der Waals surface area contributed by atoms with Gasteiger partial charge in [-0.25, -0.2) is 4.98 Å². The van der Waals surface area contributed by atoms with Gasteiger partial charge in [-0.15, -0.1) is 11.3 Å². The Balaban J connectivity index is 1.16. The predicted molar refractivity (Wildman–Crippen MR) is 125 cm³/mol. The second-order valence-corrected chi connectivity index (χ2v) is 10.8. The normalized spacial score (nSPS) is 28.6. The van der Waals surface area contributed by atoms with Gasteiger partial charge in [-0.05, 0) is 67.9 Å². The summed E-state index contributed by atoms with van der Waals surface area (Å²) in [4.78, 5) is 18.1. The molecular weight excluding hydrogens is 400 g/mol. The summed E-state index contributed by atoms with van der Waals surface area (Å²) in [6, 6.07) is 18.8. The molecular formula is C27H28N2OS. The van der Waals surface area contributed by atoms with Gasteiger partial charge in [0.05, 0.1) is 5.69 Å². The van der Waals surface area contributed by atoms with Crippen LogP contribution in [-0.4, -0.2) is 10.9 Å². The summed E-state index contributed by atoms with van der Waals surface area (Å²) < 4.78 is 0. The maximum atomic E-state index is 13.3. The largest absolute Gasteiger partial charge is 0.352 e. The van der Waals surface area contributed by atoms with Crippen molar-refractivity contribution in [1.29, 1.82) is 0 Å². The molecule has 1 aromatic heterocycles. The van der Waals surface area contributed by atoms with Crippen LogP contribution in [0.5, 0.6) is 0 Å². The Morgan fingerprint density at radius 1 is 0.935 bits per heavy atom. The van der Waals surface area contributed by atoms with Crippen molar-refractivity contribution in [2.75, 3.05) is 0 Å². The van der Waals surface area contributed by atoms with E-state index in [-0.39, 0.29) is 5.41 Å². The number of hydrogen-bond donors (Lipinski definition) is 1. The topological polar surface area (TPSA) is 42.0 Å². The molecule has 1 heterocycles. The van der Waals surface area contributed by atoms with E-state index in [1.165, 1.54) is 19.3 Å². The Hall–Kier alpha value is -2.46. The monoisotopic (exact) mass is 428 g/mol. The highest BCUT2D eigenvalue weighted by atomic mass is 32.1. The highest BCUT2D eigenvalue weighted by molar-refractivity contribution is 7.13. The SMILES string of the molecule is O=C(NCc1cccc(-c2nc(-c3ccccc3)cs2)c1)C12CC3CC(CC(C3)C1)C2. The fourth-order valence-electron chi connectivity index (χ4n) is 6.72. The number of carbonyl (C=O) groups is 1. The van der Waals surface area contributed by atoms with E-state index in [0.29, 0.717) is 12.5 Å². The average Bonchev–Trinajstić information content (AvgIpc) is 3.28. The predicted octanol–water partition coefficient (Wildman–Crippen LogP) is 6.31. The summed E-state index contributed by atoms with van der Waals surface area (Å²) in [5, 5.41) is 6.45. The molecule has 0 aliphatic heterocycles. The highest BCUT2D eigenvalue weighted by Crippen LogP contribution is 2.60. The molecule has 158 valence electrons. The van der Waals surface area contributed by atoms with Crippen LogP contribution >= 0.6 is 11.3 Å². The van der Waals surface area contributed by atoms with Crippen molar-refractivity contribution in [2.45, 2.75) is 45.1 Å². The van der Waals surface area contributed by atoms with Crippen LogP contribution in [-0.2, 0) is 11.3 Å². The summed E-state index contributed by atoms with van der Waals surface area (Å²) in [7, 11) is 0. The van der Waals surface area contributed by atoms with E-state index in [2.05, 4.69) is 47.1 Å². The van der Waals surface area contributed by atoms with Crippen molar-refractivity contribution in [3.8, 4) is 21.8 Å². The maximum Gasteiger partial charge on any atom is 0.226 e. The van der Waals surface area contributed by atoms with Crippen LogP contribution in [0.25, 0.3) is 21.8 Å². The molecule has 4 bridgehead atoms. The summed E-state index contributed by atoms with van der Waals surface area (Å²) in [6.45, 7) is 0.603. The number of aromatic nitrogens is 1. The van der Waals surface area contributed by atoms with Crippen LogP contribution < -0.4 is 5.32 Å². The van der Waals surface area contributed by atoms with Crippen LogP contribution in [0.3, 0.4) is 0 Å². The van der Waals surface area contributed by atoms with E-state index in [0.717, 1.165) is 64.4 Å². The van der Waals surface area contributed by atoms with Crippen molar-refractivity contribution in [3.05, 3.63) is 65.5 Å². The number of nitrogens with zero attached hydrogens (tertiary/aromatic N) is 1. The van der Waals surface area contributed by atoms with Gasteiger partial charge in [-0.1, -0.05) is 48.5 Å². The van der Waals surface area contributed by atoms with Gasteiger partial charge in [-0.3, -0.25) is 4.79 Å². The molecule has 4 heteroatoms. The third kappa shape index (κ3) is 3.61. The Morgan fingerprint density at radius 3 is 2.32 bits per heavy atom. The van der Waals surface area contributed by atoms with Crippen molar-refractivity contribution >= 4 is 17.2 Å². The van der Waals surface area contributed by atoms with Crippen molar-refractivity contribution in [1.82, 2.24) is 10.3 Å². The first-order chi connectivity index (χ1) is 15.2. The van der Waals surface area contributed by atoms with E-state index < -0.39 is 0 Å². The number of carbonyl (C=O) groups excluding carboxylic acids is 1. The number of thiazole rings is 1. The van der Waals surface area contributed by atoms with E-state index >= 15 is 0 Å². The van der Waals surface area contributed by atoms with Crippen LogP contribution in [0, 0.1) is 23.2 Å². The van der Waals surface area contributed by atoms with E-state index in [1.807, 2.05) is 18.2 Å². The fourth-order valence-corrected chi connectivity index (χ4v) is 7.55. The molecule has 0 radical (unpaired) electrons. The minimum absolute atomic E-state index is 0.0771. The molecule has 31 heavy (non-hydrogen) atoms. The lowest BCUT2D eigenvalue weighted by molar-refractivity contribution is -0.146. The van der Waals surface area contributed by atoms with Crippen LogP contribution in [0.15, 0.2) is 60.0 Å². The quantitative estimate of drug-likeness (QED) is 0.517. The first kappa shape index (κ1) is 19.2. The second-order valence-electron chi connectivity index (χ2n) is 9.98. The summed E-state index contributed by atoms with van der Waals surface area (Å²) in [6.07, 6.45) is 7.46. The maximum absolute atomic E-state index is 13.3. The molecule has 4 aliphatic rings. The Kier molecular flexibility index (Phi) is 4.71. The van der Waals surface area contributed by atoms with E-state index in [4.69, 9.17) is 4.98 Å². The number of rotatable bonds is 5. The van der Waals surface area contributed by atoms with Crippen LogP contribution in [0.2, 0.25) is 0 Å². The molecule has 0 spiro atoms. The number of benzene rings is 2. The fraction of sp³-hybridized carbons (Fsp3) is 0.407. The molecule has 2 aromatic carbocycles. The van der Waals surface area contributed by atoms with Gasteiger partial charge in [0.2, 0.25) is 5.91 Å². The zero-order valence-electron chi connectivity index (χ0n) is 17.7. The molecule has 4 saturated carbocycles. The summed E-state index contributed by atoms with van der Waals surface area (Å²) >= 11 is 1.67. The van der Waals surface area contributed by atoms with Gasteiger partial charge in [-0.2, -0.15) is 0 Å². The first-order valence-electron chi connectivity index (χ1n) is 11.6. The summed E-state index contributed by atoms with van der Waals surface area (Å²) in [5.41, 5.74) is 4.34. The van der Waals surface area contributed by atoms with Crippen LogP contribution in [0.1, 0.15) is 44.1 Å². The van der Waals surface area contributed by atoms with Crippen molar-refractivity contribution in [3.63, 3.8) is 0 Å². The number of nitrogens with one attached hydrogen (secondary N) is 1. The standard InChI is InChI=1S/C27H28N2OS/c30-26(27-13-19-9-20(14-27)11-21(10-19)15-27)28-16-18-5-4-8-23(12-18)25-29-24(17-31-25)22-6-2-1-3-7-22/h1-8,12,17,19-21H,9-11,13-16H2,(H,28,30).